The van der Waals surface area contributed by atoms with Gasteiger partial charge in [-0.15, -0.1) is 0 Å². The summed E-state index contributed by atoms with van der Waals surface area (Å²) in [6.07, 6.45) is 6.21. The molecule has 9 heteroatoms. The fraction of sp³-hybridized carbons (Fsp3) is 0.647. The lowest BCUT2D eigenvalue weighted by atomic mass is 10.1. The molecule has 1 aromatic heterocycles. The Morgan fingerprint density at radius 1 is 1.19 bits per heavy atom. The van der Waals surface area contributed by atoms with E-state index in [1.165, 1.54) is 16.1 Å². The largest absolute Gasteiger partial charge is 0.335 e. The van der Waals surface area contributed by atoms with Crippen LogP contribution < -0.4 is 5.32 Å². The van der Waals surface area contributed by atoms with Crippen molar-refractivity contribution in [3.8, 4) is 0 Å². The monoisotopic (exact) mass is 381 g/mol. The fourth-order valence-electron chi connectivity index (χ4n) is 3.46. The van der Waals surface area contributed by atoms with Gasteiger partial charge in [0.2, 0.25) is 10.0 Å². The number of carbonyl (C=O) groups is 1. The zero-order chi connectivity index (χ0) is 18.6. The minimum absolute atomic E-state index is 0.0381. The number of hydrogen-bond donors (Lipinski definition) is 1. The first-order valence-corrected chi connectivity index (χ1v) is 10.9. The molecule has 0 aliphatic carbocycles. The number of pyridine rings is 1. The van der Waals surface area contributed by atoms with Crippen LogP contribution in [0.15, 0.2) is 24.5 Å². The number of aromatic nitrogens is 1. The Labute approximate surface area is 155 Å². The summed E-state index contributed by atoms with van der Waals surface area (Å²) in [4.78, 5) is 20.8. The van der Waals surface area contributed by atoms with E-state index in [1.54, 1.807) is 6.20 Å². The smallest absolute Gasteiger partial charge is 0.317 e. The van der Waals surface area contributed by atoms with E-state index in [9.17, 15) is 13.2 Å². The summed E-state index contributed by atoms with van der Waals surface area (Å²) in [5.41, 5.74) is 1.18. The zero-order valence-electron chi connectivity index (χ0n) is 15.2. The highest BCUT2D eigenvalue weighted by Crippen LogP contribution is 2.14. The van der Waals surface area contributed by atoms with Gasteiger partial charge in [0, 0.05) is 64.2 Å². The van der Waals surface area contributed by atoms with Crippen molar-refractivity contribution in [2.24, 2.45) is 0 Å². The Hall–Kier alpha value is -1.71. The molecule has 2 aliphatic heterocycles. The predicted octanol–water partition coefficient (Wildman–Crippen LogP) is 0.333. The average Bonchev–Trinajstić information content (AvgIpc) is 2.63. The van der Waals surface area contributed by atoms with E-state index < -0.39 is 10.0 Å². The summed E-state index contributed by atoms with van der Waals surface area (Å²) in [5.74, 6) is 0. The first kappa shape index (κ1) is 19.1. The second kappa shape index (κ2) is 8.32. The van der Waals surface area contributed by atoms with Crippen LogP contribution in [0.5, 0.6) is 0 Å². The summed E-state index contributed by atoms with van der Waals surface area (Å²) >= 11 is 0. The van der Waals surface area contributed by atoms with Crippen LogP contribution in [0, 0.1) is 0 Å². The summed E-state index contributed by atoms with van der Waals surface area (Å²) in [5, 5.41) is 3.06. The predicted molar refractivity (Wildman–Crippen MR) is 99.1 cm³/mol. The molecular formula is C17H27N5O3S. The van der Waals surface area contributed by atoms with Gasteiger partial charge in [-0.25, -0.2) is 17.5 Å². The number of amides is 2. The van der Waals surface area contributed by atoms with Crippen LogP contribution >= 0.6 is 0 Å². The zero-order valence-corrected chi connectivity index (χ0v) is 16.0. The molecule has 2 amide bonds. The van der Waals surface area contributed by atoms with Crippen LogP contribution in [0.4, 0.5) is 4.79 Å². The Bertz CT molecular complexity index is 696. The molecule has 0 spiro atoms. The third-order valence-corrected chi connectivity index (χ3v) is 6.34. The maximum absolute atomic E-state index is 12.5. The highest BCUT2D eigenvalue weighted by atomic mass is 32.2. The molecule has 0 atom stereocenters. The van der Waals surface area contributed by atoms with Crippen molar-refractivity contribution in [2.45, 2.75) is 25.4 Å². The molecule has 3 rings (SSSR count). The number of hydrogen-bond acceptors (Lipinski definition) is 5. The van der Waals surface area contributed by atoms with E-state index in [2.05, 4.69) is 21.3 Å². The van der Waals surface area contributed by atoms with E-state index in [1.807, 2.05) is 17.2 Å². The minimum atomic E-state index is -3.13. The number of nitrogens with one attached hydrogen (secondary N) is 1. The summed E-state index contributed by atoms with van der Waals surface area (Å²) in [6.45, 7) is 4.89. The first-order chi connectivity index (χ1) is 12.4. The molecule has 0 saturated carbocycles. The van der Waals surface area contributed by atoms with Crippen molar-refractivity contribution in [3.63, 3.8) is 0 Å². The molecule has 8 nitrogen and oxygen atoms in total. The number of carbonyl (C=O) groups excluding carboxylic acids is 1. The Morgan fingerprint density at radius 3 is 2.46 bits per heavy atom. The Kier molecular flexibility index (Phi) is 6.10. The maximum atomic E-state index is 12.5. The Morgan fingerprint density at radius 2 is 1.88 bits per heavy atom. The van der Waals surface area contributed by atoms with Crippen LogP contribution in [0.1, 0.15) is 18.4 Å². The highest BCUT2D eigenvalue weighted by molar-refractivity contribution is 7.88. The molecule has 2 saturated heterocycles. The van der Waals surface area contributed by atoms with Crippen LogP contribution in [0.25, 0.3) is 0 Å². The molecule has 1 aromatic rings. The van der Waals surface area contributed by atoms with Gasteiger partial charge < -0.3 is 10.2 Å². The van der Waals surface area contributed by atoms with Crippen molar-refractivity contribution >= 4 is 16.1 Å². The number of piperidine rings is 1. The van der Waals surface area contributed by atoms with Crippen LogP contribution in [0.3, 0.4) is 0 Å². The molecule has 0 bridgehead atoms. The molecular weight excluding hydrogens is 354 g/mol. The number of sulfonamides is 1. The molecule has 0 unspecified atom stereocenters. The summed E-state index contributed by atoms with van der Waals surface area (Å²) in [7, 11) is -3.13. The van der Waals surface area contributed by atoms with Crippen molar-refractivity contribution in [1.29, 1.82) is 0 Å². The van der Waals surface area contributed by atoms with E-state index in [0.717, 1.165) is 19.6 Å². The van der Waals surface area contributed by atoms with Crippen molar-refractivity contribution < 1.29 is 13.2 Å². The molecule has 144 valence electrons. The lowest BCUT2D eigenvalue weighted by Crippen LogP contribution is -2.54. The van der Waals surface area contributed by atoms with Crippen molar-refractivity contribution in [3.05, 3.63) is 30.1 Å². The first-order valence-electron chi connectivity index (χ1n) is 9.03. The van der Waals surface area contributed by atoms with Crippen LogP contribution in [-0.2, 0) is 16.6 Å². The number of rotatable bonds is 4. The van der Waals surface area contributed by atoms with Gasteiger partial charge >= 0.3 is 6.03 Å². The Balaban J connectivity index is 1.40. The molecule has 0 radical (unpaired) electrons. The number of urea groups is 1. The number of piperazine rings is 1. The molecule has 1 N–H and O–H groups in total. The SMILES string of the molecule is CS(=O)(=O)N1CCC(NC(=O)N2CCN(Cc3cccnc3)CC2)CC1. The lowest BCUT2D eigenvalue weighted by Gasteiger charge is -2.36. The second-order valence-electron chi connectivity index (χ2n) is 7.01. The fourth-order valence-corrected chi connectivity index (χ4v) is 4.33. The highest BCUT2D eigenvalue weighted by Gasteiger charge is 2.28. The van der Waals surface area contributed by atoms with Gasteiger partial charge in [-0.3, -0.25) is 9.88 Å². The second-order valence-corrected chi connectivity index (χ2v) is 8.99. The third kappa shape index (κ3) is 5.15. The standard InChI is InChI=1S/C17H27N5O3S/c1-26(24,25)22-7-4-16(5-8-22)19-17(23)21-11-9-20(10-12-21)14-15-3-2-6-18-13-15/h2-3,6,13,16H,4-5,7-12,14H2,1H3,(H,19,23). The maximum Gasteiger partial charge on any atom is 0.317 e. The quantitative estimate of drug-likeness (QED) is 0.813. The summed E-state index contributed by atoms with van der Waals surface area (Å²) < 4.78 is 24.6. The van der Waals surface area contributed by atoms with E-state index in [-0.39, 0.29) is 12.1 Å². The summed E-state index contributed by atoms with van der Waals surface area (Å²) in [6, 6.07) is 4.01. The molecule has 2 fully saturated rings. The van der Waals surface area contributed by atoms with E-state index in [4.69, 9.17) is 0 Å². The third-order valence-electron chi connectivity index (χ3n) is 5.04. The van der Waals surface area contributed by atoms with Crippen molar-refractivity contribution in [2.75, 3.05) is 45.5 Å². The number of nitrogens with zero attached hydrogens (tertiary/aromatic N) is 4. The van der Waals surface area contributed by atoms with Crippen LogP contribution in [-0.4, -0.2) is 85.1 Å². The van der Waals surface area contributed by atoms with Gasteiger partial charge in [-0.1, -0.05) is 6.07 Å². The molecule has 3 heterocycles. The normalized spacial score (nSPS) is 20.9. The van der Waals surface area contributed by atoms with Crippen LogP contribution in [0.2, 0.25) is 0 Å². The van der Waals surface area contributed by atoms with Gasteiger partial charge in [-0.05, 0) is 24.5 Å². The lowest BCUT2D eigenvalue weighted by molar-refractivity contribution is 0.131. The molecule has 0 aromatic carbocycles. The average molecular weight is 382 g/mol. The molecule has 2 aliphatic rings. The van der Waals surface area contributed by atoms with E-state index >= 15 is 0 Å². The van der Waals surface area contributed by atoms with Gasteiger partial charge in [0.15, 0.2) is 0 Å². The molecule has 26 heavy (non-hydrogen) atoms. The van der Waals surface area contributed by atoms with Gasteiger partial charge in [0.1, 0.15) is 0 Å². The van der Waals surface area contributed by atoms with E-state index in [0.29, 0.717) is 39.0 Å². The van der Waals surface area contributed by atoms with Gasteiger partial charge in [0.05, 0.1) is 6.26 Å². The van der Waals surface area contributed by atoms with Gasteiger partial charge in [0.25, 0.3) is 0 Å². The van der Waals surface area contributed by atoms with Crippen molar-refractivity contribution in [1.82, 2.24) is 24.4 Å². The minimum Gasteiger partial charge on any atom is -0.335 e. The topological polar surface area (TPSA) is 85.8 Å². The van der Waals surface area contributed by atoms with Gasteiger partial charge in [-0.2, -0.15) is 0 Å².